The van der Waals surface area contributed by atoms with E-state index in [-0.39, 0.29) is 11.1 Å². The molecule has 2 aromatic rings. The standard InChI is InChI=1S/C14H13N3O3/c1-8-2-3-9(14(19)20)5-12(8)17-11-4-10(13(15)18)6-16-7-11/h2-7,17H,1H3,(H2,15,18)(H,19,20). The highest BCUT2D eigenvalue weighted by atomic mass is 16.4. The van der Waals surface area contributed by atoms with Gasteiger partial charge in [-0.2, -0.15) is 0 Å². The summed E-state index contributed by atoms with van der Waals surface area (Å²) in [5.41, 5.74) is 7.71. The summed E-state index contributed by atoms with van der Waals surface area (Å²) >= 11 is 0. The van der Waals surface area contributed by atoms with Crippen LogP contribution < -0.4 is 11.1 Å². The molecular formula is C14H13N3O3. The molecule has 0 saturated heterocycles. The Morgan fingerprint density at radius 2 is 1.95 bits per heavy atom. The Labute approximate surface area is 115 Å². The Hall–Kier alpha value is -2.89. The molecule has 1 heterocycles. The zero-order chi connectivity index (χ0) is 14.7. The van der Waals surface area contributed by atoms with Crippen LogP contribution in [-0.2, 0) is 0 Å². The Morgan fingerprint density at radius 3 is 2.60 bits per heavy atom. The number of pyridine rings is 1. The van der Waals surface area contributed by atoms with E-state index in [1.807, 2.05) is 6.92 Å². The molecule has 0 aliphatic heterocycles. The second kappa shape index (κ2) is 5.40. The van der Waals surface area contributed by atoms with Crippen LogP contribution in [0.2, 0.25) is 0 Å². The molecule has 0 radical (unpaired) electrons. The van der Waals surface area contributed by atoms with Crippen LogP contribution in [0.15, 0.2) is 36.7 Å². The smallest absolute Gasteiger partial charge is 0.335 e. The van der Waals surface area contributed by atoms with E-state index in [9.17, 15) is 9.59 Å². The summed E-state index contributed by atoms with van der Waals surface area (Å²) in [5.74, 6) is -1.57. The van der Waals surface area contributed by atoms with Crippen molar-refractivity contribution in [3.63, 3.8) is 0 Å². The fourth-order valence-electron chi connectivity index (χ4n) is 1.69. The summed E-state index contributed by atoms with van der Waals surface area (Å²) in [6, 6.07) is 6.31. The first-order valence-electron chi connectivity index (χ1n) is 5.83. The second-order valence-corrected chi connectivity index (χ2v) is 4.29. The number of primary amides is 1. The number of benzene rings is 1. The molecule has 0 saturated carbocycles. The molecule has 4 N–H and O–H groups in total. The molecular weight excluding hydrogens is 258 g/mol. The number of nitrogens with one attached hydrogen (secondary N) is 1. The Balaban J connectivity index is 2.34. The molecule has 20 heavy (non-hydrogen) atoms. The number of aryl methyl sites for hydroxylation is 1. The average molecular weight is 271 g/mol. The van der Waals surface area contributed by atoms with Gasteiger partial charge < -0.3 is 16.2 Å². The fourth-order valence-corrected chi connectivity index (χ4v) is 1.69. The van der Waals surface area contributed by atoms with Gasteiger partial charge in [0.05, 0.1) is 23.0 Å². The van der Waals surface area contributed by atoms with Gasteiger partial charge >= 0.3 is 5.97 Å². The van der Waals surface area contributed by atoms with Gasteiger partial charge in [-0.05, 0) is 30.7 Å². The number of hydrogen-bond donors (Lipinski definition) is 3. The van der Waals surface area contributed by atoms with Crippen LogP contribution in [0.25, 0.3) is 0 Å². The van der Waals surface area contributed by atoms with Crippen LogP contribution in [0.1, 0.15) is 26.3 Å². The van der Waals surface area contributed by atoms with Crippen molar-refractivity contribution in [2.24, 2.45) is 5.73 Å². The quantitative estimate of drug-likeness (QED) is 0.788. The van der Waals surface area contributed by atoms with E-state index in [1.165, 1.54) is 24.5 Å². The van der Waals surface area contributed by atoms with Crippen LogP contribution in [0.4, 0.5) is 11.4 Å². The van der Waals surface area contributed by atoms with Gasteiger partial charge in [0.1, 0.15) is 0 Å². The molecule has 6 heteroatoms. The first-order chi connectivity index (χ1) is 9.47. The summed E-state index contributed by atoms with van der Waals surface area (Å²) in [6.07, 6.45) is 2.90. The number of carbonyl (C=O) groups excluding carboxylic acids is 1. The lowest BCUT2D eigenvalue weighted by molar-refractivity contribution is 0.0696. The number of anilines is 2. The van der Waals surface area contributed by atoms with Crippen molar-refractivity contribution in [1.82, 2.24) is 4.98 Å². The molecule has 0 aliphatic carbocycles. The van der Waals surface area contributed by atoms with Gasteiger partial charge in [-0.1, -0.05) is 6.07 Å². The molecule has 102 valence electrons. The SMILES string of the molecule is Cc1ccc(C(=O)O)cc1Nc1cncc(C(N)=O)c1. The van der Waals surface area contributed by atoms with Crippen molar-refractivity contribution < 1.29 is 14.7 Å². The summed E-state index contributed by atoms with van der Waals surface area (Å²) in [6.45, 7) is 1.85. The van der Waals surface area contributed by atoms with Crippen LogP contribution in [0.3, 0.4) is 0 Å². The summed E-state index contributed by atoms with van der Waals surface area (Å²) in [7, 11) is 0. The molecule has 6 nitrogen and oxygen atoms in total. The first kappa shape index (κ1) is 13.5. The van der Waals surface area contributed by atoms with Gasteiger partial charge in [0.15, 0.2) is 0 Å². The number of amides is 1. The van der Waals surface area contributed by atoms with E-state index < -0.39 is 11.9 Å². The highest BCUT2D eigenvalue weighted by molar-refractivity contribution is 5.93. The molecule has 0 bridgehead atoms. The molecule has 1 aromatic heterocycles. The van der Waals surface area contributed by atoms with E-state index in [0.717, 1.165) is 5.56 Å². The molecule has 0 spiro atoms. The number of nitrogens with zero attached hydrogens (tertiary/aromatic N) is 1. The van der Waals surface area contributed by atoms with E-state index in [1.54, 1.807) is 12.1 Å². The number of carboxylic acid groups (broad SMARTS) is 1. The molecule has 1 amide bonds. The van der Waals surface area contributed by atoms with Crippen molar-refractivity contribution in [1.29, 1.82) is 0 Å². The lowest BCUT2D eigenvalue weighted by Crippen LogP contribution is -2.11. The predicted octanol–water partition coefficient (Wildman–Crippen LogP) is 1.93. The van der Waals surface area contributed by atoms with Gasteiger partial charge in [0.25, 0.3) is 0 Å². The van der Waals surface area contributed by atoms with Crippen molar-refractivity contribution >= 4 is 23.3 Å². The molecule has 2 rings (SSSR count). The maximum Gasteiger partial charge on any atom is 0.335 e. The van der Waals surface area contributed by atoms with Crippen LogP contribution in [-0.4, -0.2) is 22.0 Å². The van der Waals surface area contributed by atoms with E-state index in [0.29, 0.717) is 11.4 Å². The summed E-state index contributed by atoms with van der Waals surface area (Å²) in [4.78, 5) is 26.0. The third-order valence-corrected chi connectivity index (χ3v) is 2.79. The normalized spacial score (nSPS) is 10.1. The fraction of sp³-hybridized carbons (Fsp3) is 0.0714. The number of hydrogen-bond acceptors (Lipinski definition) is 4. The zero-order valence-corrected chi connectivity index (χ0v) is 10.8. The number of carbonyl (C=O) groups is 2. The molecule has 0 aliphatic rings. The lowest BCUT2D eigenvalue weighted by Gasteiger charge is -2.10. The van der Waals surface area contributed by atoms with Gasteiger partial charge in [-0.3, -0.25) is 9.78 Å². The third kappa shape index (κ3) is 2.92. The Morgan fingerprint density at radius 1 is 1.20 bits per heavy atom. The van der Waals surface area contributed by atoms with Crippen molar-refractivity contribution in [2.75, 3.05) is 5.32 Å². The Bertz CT molecular complexity index is 683. The van der Waals surface area contributed by atoms with E-state index in [4.69, 9.17) is 10.8 Å². The van der Waals surface area contributed by atoms with E-state index in [2.05, 4.69) is 10.3 Å². The zero-order valence-electron chi connectivity index (χ0n) is 10.8. The number of aromatic nitrogens is 1. The highest BCUT2D eigenvalue weighted by Crippen LogP contribution is 2.22. The van der Waals surface area contributed by atoms with Gasteiger partial charge in [-0.15, -0.1) is 0 Å². The topological polar surface area (TPSA) is 105 Å². The summed E-state index contributed by atoms with van der Waals surface area (Å²) in [5, 5.41) is 12.0. The molecule has 0 fully saturated rings. The first-order valence-corrected chi connectivity index (χ1v) is 5.83. The minimum Gasteiger partial charge on any atom is -0.478 e. The average Bonchev–Trinajstić information content (AvgIpc) is 2.41. The largest absolute Gasteiger partial charge is 0.478 e. The van der Waals surface area contributed by atoms with E-state index >= 15 is 0 Å². The highest BCUT2D eigenvalue weighted by Gasteiger charge is 2.08. The number of aromatic carboxylic acids is 1. The molecule has 0 atom stereocenters. The minimum absolute atomic E-state index is 0.178. The van der Waals surface area contributed by atoms with Gasteiger partial charge in [-0.25, -0.2) is 4.79 Å². The van der Waals surface area contributed by atoms with Crippen molar-refractivity contribution in [3.05, 3.63) is 53.3 Å². The lowest BCUT2D eigenvalue weighted by atomic mass is 10.1. The summed E-state index contributed by atoms with van der Waals surface area (Å²) < 4.78 is 0. The van der Waals surface area contributed by atoms with Crippen molar-refractivity contribution in [3.8, 4) is 0 Å². The number of nitrogens with two attached hydrogens (primary N) is 1. The number of carboxylic acids is 1. The maximum absolute atomic E-state index is 11.1. The number of rotatable bonds is 4. The van der Waals surface area contributed by atoms with Crippen LogP contribution in [0.5, 0.6) is 0 Å². The van der Waals surface area contributed by atoms with Crippen LogP contribution >= 0.6 is 0 Å². The van der Waals surface area contributed by atoms with Crippen LogP contribution in [0, 0.1) is 6.92 Å². The molecule has 1 aromatic carbocycles. The molecule has 0 unspecified atom stereocenters. The van der Waals surface area contributed by atoms with Gasteiger partial charge in [0, 0.05) is 11.9 Å². The van der Waals surface area contributed by atoms with Crippen molar-refractivity contribution in [2.45, 2.75) is 6.92 Å². The second-order valence-electron chi connectivity index (χ2n) is 4.29. The third-order valence-electron chi connectivity index (χ3n) is 2.79. The Kier molecular flexibility index (Phi) is 3.65. The van der Waals surface area contributed by atoms with Gasteiger partial charge in [0.2, 0.25) is 5.91 Å². The predicted molar refractivity (Wildman–Crippen MR) is 74.2 cm³/mol. The monoisotopic (exact) mass is 271 g/mol. The minimum atomic E-state index is -1.00. The maximum atomic E-state index is 11.1.